The lowest BCUT2D eigenvalue weighted by molar-refractivity contribution is -0.385. The lowest BCUT2D eigenvalue weighted by Crippen LogP contribution is -2.14. The fourth-order valence-corrected chi connectivity index (χ4v) is 1.75. The zero-order valence-electron chi connectivity index (χ0n) is 11.9. The normalized spacial score (nSPS) is 10.0. The van der Waals surface area contributed by atoms with Gasteiger partial charge >= 0.3 is 6.16 Å². The zero-order valence-corrected chi connectivity index (χ0v) is 11.9. The van der Waals surface area contributed by atoms with Gasteiger partial charge in [-0.1, -0.05) is 0 Å². The Morgan fingerprint density at radius 3 is 2.08 bits per heavy atom. The van der Waals surface area contributed by atoms with E-state index in [1.54, 1.807) is 0 Å². The molecule has 0 bridgehead atoms. The minimum atomic E-state index is -1.16. The lowest BCUT2D eigenvalue weighted by Gasteiger charge is -2.08. The van der Waals surface area contributed by atoms with Gasteiger partial charge < -0.3 is 14.6 Å². The van der Waals surface area contributed by atoms with Crippen molar-refractivity contribution < 1.29 is 29.2 Å². The van der Waals surface area contributed by atoms with Crippen LogP contribution in [0.5, 0.6) is 11.5 Å². The van der Waals surface area contributed by atoms with Gasteiger partial charge in [0, 0.05) is 29.8 Å². The fraction of sp³-hybridized carbons (Fsp3) is 0.0714. The van der Waals surface area contributed by atoms with Gasteiger partial charge in [-0.3, -0.25) is 20.2 Å². The van der Waals surface area contributed by atoms with Crippen LogP contribution in [-0.4, -0.2) is 21.1 Å². The smallest absolute Gasteiger partial charge is 0.395 e. The van der Waals surface area contributed by atoms with Gasteiger partial charge in [0.25, 0.3) is 11.4 Å². The summed E-state index contributed by atoms with van der Waals surface area (Å²) in [5.41, 5.74) is -0.409. The van der Waals surface area contributed by atoms with Crippen molar-refractivity contribution in [3.63, 3.8) is 0 Å². The van der Waals surface area contributed by atoms with Crippen molar-refractivity contribution in [3.05, 3.63) is 68.3 Å². The molecule has 0 saturated heterocycles. The third-order valence-corrected chi connectivity index (χ3v) is 2.87. The van der Waals surface area contributed by atoms with Crippen molar-refractivity contribution in [1.29, 1.82) is 0 Å². The van der Waals surface area contributed by atoms with Crippen molar-refractivity contribution in [3.8, 4) is 11.5 Å². The lowest BCUT2D eigenvalue weighted by atomic mass is 10.2. The molecule has 2 aromatic carbocycles. The van der Waals surface area contributed by atoms with Crippen LogP contribution in [0.4, 0.5) is 16.2 Å². The molecule has 0 amide bonds. The number of carbonyl (C=O) groups is 1. The first kappa shape index (κ1) is 16.8. The molecular formula is C14H10N2O8. The number of nitro benzene ring substituents is 2. The van der Waals surface area contributed by atoms with Gasteiger partial charge in [-0.2, -0.15) is 0 Å². The highest BCUT2D eigenvalue weighted by atomic mass is 16.7. The van der Waals surface area contributed by atoms with Crippen molar-refractivity contribution in [1.82, 2.24) is 0 Å². The maximum atomic E-state index is 11.7. The molecule has 2 rings (SSSR count). The van der Waals surface area contributed by atoms with Crippen molar-refractivity contribution >= 4 is 17.5 Å². The predicted molar refractivity (Wildman–Crippen MR) is 78.8 cm³/mol. The Bertz CT molecular complexity index is 788. The molecular weight excluding hydrogens is 324 g/mol. The molecule has 2 aromatic rings. The van der Waals surface area contributed by atoms with Gasteiger partial charge in [-0.25, -0.2) is 4.79 Å². The van der Waals surface area contributed by atoms with Crippen LogP contribution >= 0.6 is 0 Å². The number of aliphatic hydroxyl groups is 1. The average Bonchev–Trinajstić information content (AvgIpc) is 2.55. The van der Waals surface area contributed by atoms with E-state index in [2.05, 4.69) is 0 Å². The fourth-order valence-electron chi connectivity index (χ4n) is 1.75. The number of nitro groups is 2. The summed E-state index contributed by atoms with van der Waals surface area (Å²) < 4.78 is 9.71. The van der Waals surface area contributed by atoms with Gasteiger partial charge in [-0.15, -0.1) is 0 Å². The Labute approximate surface area is 134 Å². The molecule has 0 saturated carbocycles. The predicted octanol–water partition coefficient (Wildman–Crippen LogP) is 2.57. The minimum Gasteiger partial charge on any atom is -0.395 e. The number of benzene rings is 2. The summed E-state index contributed by atoms with van der Waals surface area (Å²) in [6.45, 7) is -0.582. The quantitative estimate of drug-likeness (QED) is 0.380. The van der Waals surface area contributed by atoms with Crippen LogP contribution in [0, 0.1) is 20.2 Å². The molecule has 0 fully saturated rings. The number of aliphatic hydroxyl groups excluding tert-OH is 1. The van der Waals surface area contributed by atoms with Crippen LogP contribution < -0.4 is 9.47 Å². The first-order valence-electron chi connectivity index (χ1n) is 6.43. The second-order valence-corrected chi connectivity index (χ2v) is 4.41. The summed E-state index contributed by atoms with van der Waals surface area (Å²) >= 11 is 0. The Hall–Kier alpha value is -3.53. The van der Waals surface area contributed by atoms with E-state index in [4.69, 9.17) is 9.47 Å². The molecule has 10 heteroatoms. The zero-order chi connectivity index (χ0) is 17.7. The van der Waals surface area contributed by atoms with Crippen molar-refractivity contribution in [2.24, 2.45) is 0 Å². The molecule has 10 nitrogen and oxygen atoms in total. The highest BCUT2D eigenvalue weighted by Gasteiger charge is 2.16. The second kappa shape index (κ2) is 7.15. The molecule has 24 heavy (non-hydrogen) atoms. The van der Waals surface area contributed by atoms with E-state index >= 15 is 0 Å². The highest BCUT2D eigenvalue weighted by Crippen LogP contribution is 2.25. The van der Waals surface area contributed by atoms with Gasteiger partial charge in [0.15, 0.2) is 0 Å². The average molecular weight is 334 g/mol. The molecule has 0 aromatic heterocycles. The Balaban J connectivity index is 2.09. The van der Waals surface area contributed by atoms with E-state index in [0.717, 1.165) is 30.3 Å². The summed E-state index contributed by atoms with van der Waals surface area (Å²) in [6, 6.07) is 8.04. The summed E-state index contributed by atoms with van der Waals surface area (Å²) in [6.07, 6.45) is -1.16. The van der Waals surface area contributed by atoms with Gasteiger partial charge in [0.2, 0.25) is 0 Å². The maximum absolute atomic E-state index is 11.7. The Morgan fingerprint density at radius 2 is 1.54 bits per heavy atom. The second-order valence-electron chi connectivity index (χ2n) is 4.41. The van der Waals surface area contributed by atoms with E-state index in [0.29, 0.717) is 0 Å². The van der Waals surface area contributed by atoms with E-state index in [9.17, 15) is 30.1 Å². The number of rotatable bonds is 5. The molecule has 0 atom stereocenters. The van der Waals surface area contributed by atoms with E-state index < -0.39 is 22.6 Å². The number of hydrogen-bond acceptors (Lipinski definition) is 8. The molecule has 0 unspecified atom stereocenters. The third kappa shape index (κ3) is 4.01. The number of hydrogen-bond donors (Lipinski definition) is 1. The van der Waals surface area contributed by atoms with E-state index in [1.807, 2.05) is 0 Å². The molecule has 0 aliphatic rings. The monoisotopic (exact) mass is 334 g/mol. The number of non-ortho nitro benzene ring substituents is 2. The maximum Gasteiger partial charge on any atom is 0.519 e. The summed E-state index contributed by atoms with van der Waals surface area (Å²) in [5, 5.41) is 30.4. The van der Waals surface area contributed by atoms with Gasteiger partial charge in [-0.05, 0) is 18.2 Å². The van der Waals surface area contributed by atoms with Gasteiger partial charge in [0.05, 0.1) is 16.5 Å². The van der Waals surface area contributed by atoms with E-state index in [1.165, 1.54) is 12.1 Å². The van der Waals surface area contributed by atoms with Crippen LogP contribution in [0.3, 0.4) is 0 Å². The first-order valence-corrected chi connectivity index (χ1v) is 6.43. The molecule has 1 N–H and O–H groups in total. The van der Waals surface area contributed by atoms with Crippen LogP contribution in [0.2, 0.25) is 0 Å². The van der Waals surface area contributed by atoms with Crippen LogP contribution in [0.25, 0.3) is 0 Å². The molecule has 0 aliphatic carbocycles. The largest absolute Gasteiger partial charge is 0.519 e. The van der Waals surface area contributed by atoms with Crippen molar-refractivity contribution in [2.45, 2.75) is 6.61 Å². The molecule has 124 valence electrons. The Kier molecular flexibility index (Phi) is 5.02. The molecule has 0 radical (unpaired) electrons. The number of nitrogens with zero attached hydrogens (tertiary/aromatic N) is 2. The topological polar surface area (TPSA) is 142 Å². The SMILES string of the molecule is O=C(Oc1ccc([N+](=O)[O-])cc1)Oc1ccc([N+](=O)[O-])cc1CO. The van der Waals surface area contributed by atoms with E-state index in [-0.39, 0.29) is 28.4 Å². The highest BCUT2D eigenvalue weighted by molar-refractivity contribution is 5.68. The standard InChI is InChI=1S/C14H10N2O8/c17-8-9-7-11(16(21)22)3-6-13(9)24-14(18)23-12-4-1-10(2-5-12)15(19)20/h1-7,17H,8H2. The summed E-state index contributed by atoms with van der Waals surface area (Å²) in [4.78, 5) is 31.6. The Morgan fingerprint density at radius 1 is 0.958 bits per heavy atom. The van der Waals surface area contributed by atoms with Crippen molar-refractivity contribution in [2.75, 3.05) is 0 Å². The van der Waals surface area contributed by atoms with Crippen LogP contribution in [-0.2, 0) is 6.61 Å². The molecule has 0 spiro atoms. The van der Waals surface area contributed by atoms with Crippen LogP contribution in [0.15, 0.2) is 42.5 Å². The van der Waals surface area contributed by atoms with Crippen LogP contribution in [0.1, 0.15) is 5.56 Å². The van der Waals surface area contributed by atoms with Gasteiger partial charge in [0.1, 0.15) is 11.5 Å². The number of carbonyl (C=O) groups excluding carboxylic acids is 1. The molecule has 0 heterocycles. The third-order valence-electron chi connectivity index (χ3n) is 2.87. The molecule has 0 aliphatic heterocycles. The minimum absolute atomic E-state index is 0.0121. The summed E-state index contributed by atoms with van der Waals surface area (Å²) in [5.74, 6) is -0.0897. The number of ether oxygens (including phenoxy) is 2. The first-order chi connectivity index (χ1) is 11.4. The summed E-state index contributed by atoms with van der Waals surface area (Å²) in [7, 11) is 0.